The molecule has 0 aliphatic heterocycles. The van der Waals surface area contributed by atoms with Crippen LogP contribution in [-0.2, 0) is 0 Å². The maximum Gasteiger partial charge on any atom is 0.255 e. The second kappa shape index (κ2) is 8.38. The second-order valence-electron chi connectivity index (χ2n) is 5.08. The van der Waals surface area contributed by atoms with Crippen LogP contribution in [0.3, 0.4) is 0 Å². The highest BCUT2D eigenvalue weighted by molar-refractivity contribution is 6.05. The molecule has 0 atom stereocenters. The van der Waals surface area contributed by atoms with Gasteiger partial charge in [-0.3, -0.25) is 4.79 Å². The lowest BCUT2D eigenvalue weighted by atomic mass is 10.2. The summed E-state index contributed by atoms with van der Waals surface area (Å²) in [5.41, 5.74) is 17.4. The van der Waals surface area contributed by atoms with Crippen LogP contribution >= 0.6 is 0 Å². The Balaban J connectivity index is 2.26. The molecule has 0 saturated heterocycles. The van der Waals surface area contributed by atoms with Crippen molar-refractivity contribution in [3.05, 3.63) is 48.0 Å². The van der Waals surface area contributed by atoms with Gasteiger partial charge in [-0.25, -0.2) is 4.99 Å². The van der Waals surface area contributed by atoms with E-state index in [-0.39, 0.29) is 17.8 Å². The van der Waals surface area contributed by atoms with Crippen molar-refractivity contribution < 1.29 is 14.3 Å². The molecule has 9 nitrogen and oxygen atoms in total. The van der Waals surface area contributed by atoms with Gasteiger partial charge in [0.1, 0.15) is 11.5 Å². The monoisotopic (exact) mass is 356 g/mol. The number of carbonyl (C=O) groups excluding carboxylic acids is 1. The first-order chi connectivity index (χ1) is 12.4. The number of amides is 1. The highest BCUT2D eigenvalue weighted by Crippen LogP contribution is 2.29. The van der Waals surface area contributed by atoms with Gasteiger partial charge in [0.25, 0.3) is 5.91 Å². The molecule has 9 heteroatoms. The summed E-state index contributed by atoms with van der Waals surface area (Å²) < 4.78 is 10.4. The van der Waals surface area contributed by atoms with Crippen molar-refractivity contribution in [2.24, 2.45) is 27.2 Å². The third-order valence-electron chi connectivity index (χ3n) is 3.25. The number of methoxy groups -OCH3 is 2. The van der Waals surface area contributed by atoms with E-state index in [4.69, 9.17) is 26.7 Å². The Bertz CT molecular complexity index is 859. The van der Waals surface area contributed by atoms with E-state index in [0.717, 1.165) is 0 Å². The molecule has 0 saturated carbocycles. The molecule has 2 aromatic rings. The minimum Gasteiger partial charge on any atom is -0.497 e. The average molecular weight is 356 g/mol. The summed E-state index contributed by atoms with van der Waals surface area (Å²) in [5.74, 6) is 0.422. The number of ether oxygens (including phenoxy) is 2. The first-order valence-electron chi connectivity index (χ1n) is 7.50. The summed E-state index contributed by atoms with van der Waals surface area (Å²) in [4.78, 5) is 20.2. The molecule has 0 heterocycles. The van der Waals surface area contributed by atoms with Crippen molar-refractivity contribution in [3.63, 3.8) is 0 Å². The van der Waals surface area contributed by atoms with E-state index in [0.29, 0.717) is 28.4 Å². The van der Waals surface area contributed by atoms with Crippen LogP contribution in [0, 0.1) is 0 Å². The number of carbonyl (C=O) groups is 1. The molecule has 136 valence electrons. The molecule has 0 fully saturated rings. The molecule has 0 bridgehead atoms. The Hall–Kier alpha value is -3.75. The predicted molar refractivity (Wildman–Crippen MR) is 101 cm³/mol. The molecule has 0 radical (unpaired) electrons. The van der Waals surface area contributed by atoms with Crippen molar-refractivity contribution in [2.45, 2.75) is 0 Å². The SMILES string of the molecule is COc1ccc(OC)c(NC(=O)c2cccc(N=C(N)N=C(N)N)c2)c1. The van der Waals surface area contributed by atoms with Crippen molar-refractivity contribution in [3.8, 4) is 11.5 Å². The number of nitrogens with two attached hydrogens (primary N) is 3. The highest BCUT2D eigenvalue weighted by atomic mass is 16.5. The summed E-state index contributed by atoms with van der Waals surface area (Å²) in [6.45, 7) is 0. The quantitative estimate of drug-likeness (QED) is 0.466. The van der Waals surface area contributed by atoms with E-state index in [1.54, 1.807) is 42.5 Å². The van der Waals surface area contributed by atoms with Gasteiger partial charge in [0.05, 0.1) is 25.6 Å². The molecule has 26 heavy (non-hydrogen) atoms. The van der Waals surface area contributed by atoms with Gasteiger partial charge in [-0.15, -0.1) is 0 Å². The van der Waals surface area contributed by atoms with Crippen LogP contribution in [0.25, 0.3) is 0 Å². The smallest absolute Gasteiger partial charge is 0.255 e. The first kappa shape index (κ1) is 18.6. The third kappa shape index (κ3) is 4.87. The molecule has 2 rings (SSSR count). The maximum atomic E-state index is 12.5. The minimum atomic E-state index is -0.353. The van der Waals surface area contributed by atoms with Crippen LogP contribution < -0.4 is 32.0 Å². The van der Waals surface area contributed by atoms with Gasteiger partial charge in [0.15, 0.2) is 5.96 Å². The zero-order valence-electron chi connectivity index (χ0n) is 14.4. The molecule has 0 aliphatic carbocycles. The Kier molecular flexibility index (Phi) is 5.99. The first-order valence-corrected chi connectivity index (χ1v) is 7.50. The zero-order valence-corrected chi connectivity index (χ0v) is 14.4. The molecule has 1 amide bonds. The van der Waals surface area contributed by atoms with Crippen molar-refractivity contribution >= 4 is 29.2 Å². The van der Waals surface area contributed by atoms with E-state index in [2.05, 4.69) is 15.3 Å². The summed E-state index contributed by atoms with van der Waals surface area (Å²) in [7, 11) is 3.05. The topological polar surface area (TPSA) is 150 Å². The maximum absolute atomic E-state index is 12.5. The van der Waals surface area contributed by atoms with Gasteiger partial charge >= 0.3 is 0 Å². The second-order valence-corrected chi connectivity index (χ2v) is 5.08. The average Bonchev–Trinajstić information content (AvgIpc) is 2.61. The molecule has 0 aliphatic rings. The Morgan fingerprint density at radius 3 is 2.46 bits per heavy atom. The molecule has 0 aromatic heterocycles. The number of hydrogen-bond acceptors (Lipinski definition) is 4. The molecule has 0 unspecified atom stereocenters. The van der Waals surface area contributed by atoms with Gasteiger partial charge in [-0.1, -0.05) is 6.07 Å². The Morgan fingerprint density at radius 1 is 1.04 bits per heavy atom. The van der Waals surface area contributed by atoms with E-state index >= 15 is 0 Å². The van der Waals surface area contributed by atoms with E-state index in [1.165, 1.54) is 14.2 Å². The number of anilines is 1. The van der Waals surface area contributed by atoms with Crippen molar-refractivity contribution in [2.75, 3.05) is 19.5 Å². The van der Waals surface area contributed by atoms with E-state index < -0.39 is 0 Å². The number of nitrogens with one attached hydrogen (secondary N) is 1. The van der Waals surface area contributed by atoms with Crippen LogP contribution in [0.4, 0.5) is 11.4 Å². The van der Waals surface area contributed by atoms with Gasteiger partial charge in [0, 0.05) is 11.6 Å². The Morgan fingerprint density at radius 2 is 1.81 bits per heavy atom. The van der Waals surface area contributed by atoms with Gasteiger partial charge < -0.3 is 32.0 Å². The highest BCUT2D eigenvalue weighted by Gasteiger charge is 2.11. The lowest BCUT2D eigenvalue weighted by Crippen LogP contribution is -2.26. The lowest BCUT2D eigenvalue weighted by molar-refractivity contribution is 0.102. The Labute approximate surface area is 150 Å². The van der Waals surface area contributed by atoms with Crippen LogP contribution in [0.15, 0.2) is 52.4 Å². The van der Waals surface area contributed by atoms with Crippen LogP contribution in [0.5, 0.6) is 11.5 Å². The fourth-order valence-corrected chi connectivity index (χ4v) is 2.11. The lowest BCUT2D eigenvalue weighted by Gasteiger charge is -2.12. The summed E-state index contributed by atoms with van der Waals surface area (Å²) in [6.07, 6.45) is 0. The third-order valence-corrected chi connectivity index (χ3v) is 3.25. The largest absolute Gasteiger partial charge is 0.497 e. The van der Waals surface area contributed by atoms with Gasteiger partial charge in [-0.05, 0) is 30.3 Å². The zero-order chi connectivity index (χ0) is 19.1. The van der Waals surface area contributed by atoms with Crippen molar-refractivity contribution in [1.82, 2.24) is 0 Å². The molecular formula is C17H20N6O3. The van der Waals surface area contributed by atoms with Crippen molar-refractivity contribution in [1.29, 1.82) is 0 Å². The van der Waals surface area contributed by atoms with Gasteiger partial charge in [-0.2, -0.15) is 4.99 Å². The fourth-order valence-electron chi connectivity index (χ4n) is 2.11. The number of guanidine groups is 2. The van der Waals surface area contributed by atoms with Crippen LogP contribution in [0.1, 0.15) is 10.4 Å². The number of rotatable bonds is 5. The fraction of sp³-hybridized carbons (Fsp3) is 0.118. The normalized spacial score (nSPS) is 10.8. The summed E-state index contributed by atoms with van der Waals surface area (Å²) in [6, 6.07) is 11.6. The molecule has 2 aromatic carbocycles. The molecular weight excluding hydrogens is 336 g/mol. The van der Waals surface area contributed by atoms with E-state index in [9.17, 15) is 4.79 Å². The van der Waals surface area contributed by atoms with E-state index in [1.807, 2.05) is 0 Å². The number of benzene rings is 2. The number of hydrogen-bond donors (Lipinski definition) is 4. The standard InChI is InChI=1S/C17H20N6O3/c1-25-12-6-7-14(26-2)13(9-12)22-15(24)10-4-3-5-11(8-10)21-17(20)23-16(18)19/h3-9H,1-2H3,(H,22,24)(H6,18,19,20,21,23). The molecule has 0 spiro atoms. The summed E-state index contributed by atoms with van der Waals surface area (Å²) >= 11 is 0. The van der Waals surface area contributed by atoms with Crippen LogP contribution in [-0.4, -0.2) is 32.0 Å². The number of aliphatic imine (C=N–C) groups is 2. The number of nitrogens with zero attached hydrogens (tertiary/aromatic N) is 2. The minimum absolute atomic E-state index is 0.114. The van der Waals surface area contributed by atoms with Gasteiger partial charge in [0.2, 0.25) is 5.96 Å². The predicted octanol–water partition coefficient (Wildman–Crippen LogP) is 1.18. The summed E-state index contributed by atoms with van der Waals surface area (Å²) in [5, 5.41) is 2.77. The van der Waals surface area contributed by atoms with Crippen LogP contribution in [0.2, 0.25) is 0 Å². The molecule has 7 N–H and O–H groups in total.